The summed E-state index contributed by atoms with van der Waals surface area (Å²) >= 11 is 0. The number of para-hydroxylation sites is 1. The van der Waals surface area contributed by atoms with E-state index in [1.807, 2.05) is 36.4 Å². The largest absolute Gasteiger partial charge is 3.00 e. The van der Waals surface area contributed by atoms with Crippen molar-refractivity contribution in [3.63, 3.8) is 0 Å². The molecule has 0 radical (unpaired) electrons. The molecule has 0 spiro atoms. The summed E-state index contributed by atoms with van der Waals surface area (Å²) in [5.74, 6) is -12.2. The molecule has 7 rings (SSSR count). The molecule has 2 saturated heterocycles. The number of aromatic amines is 1. The van der Waals surface area contributed by atoms with Gasteiger partial charge in [-0.3, -0.25) is 58.0 Å². The van der Waals surface area contributed by atoms with E-state index in [9.17, 15) is 64.2 Å². The second-order valence-corrected chi connectivity index (χ2v) is 27.9. The summed E-state index contributed by atoms with van der Waals surface area (Å²) in [7, 11) is 1.84. The number of nitrogens with zero attached hydrogens (tertiary/aromatic N) is 4. The van der Waals surface area contributed by atoms with Gasteiger partial charge in [-0.15, -0.1) is 0 Å². The number of nitrogens with two attached hydrogens (primary N) is 1. The zero-order valence-electron chi connectivity index (χ0n) is 57.5. The van der Waals surface area contributed by atoms with Gasteiger partial charge in [-0.05, 0) is 73.2 Å². The number of amides is 8. The van der Waals surface area contributed by atoms with Crippen molar-refractivity contribution >= 4 is 128 Å². The molecule has 3 heterocycles. The number of aromatic nitrogens is 1. The maximum atomic E-state index is 15.5. The molecule has 0 unspecified atom stereocenters. The van der Waals surface area contributed by atoms with Crippen LogP contribution in [0.15, 0.2) is 103 Å². The molecule has 0 aliphatic carbocycles. The molecule has 0 saturated carbocycles. The standard InChI is InChI=1S/C69H94N14O17S2.Ga/c1-42(85)55(39-84)76-68(99)57-41-102-101-40-56(77-64(95)52(31-44-13-4-3-5-14-44)72-58(87)35-80-23-25-81(36-59(88)89)27-29-83(38-61(92)93)30-28-82(26-24-80)37-60(90)91)67(98)75-53(32-46-17-12-16-45-15-6-7-18-48(45)46)66(97)74-54(33-47-34-71-50-20-9-8-19-49(47)50)65(96)73-51(21-10-11-22-70)63(94)79-62(43(2)86)69(100)78-57;/h3-9,12-20,34,42-43,51-57,62,71,84-86H,10-11,21-33,35-41,70H2,1-2H3,(H,72,87)(H,73,96)(H,74,97)(H,75,98)(H,76,99)(H,77,95)(H,78,100)(H,79,94)(H,88,89)(H,90,91)(H,92,93);/q;+3/p-3/t42-,43-,51+,52-,53+,54-,55-,56+,57+,62+;/m1./s1. The maximum Gasteiger partial charge on any atom is 3.00 e. The number of hydrogen-bond acceptors (Lipinski definition) is 24. The Hall–Kier alpha value is -8.13. The van der Waals surface area contributed by atoms with Crippen molar-refractivity contribution in [2.24, 2.45) is 5.73 Å². The Morgan fingerprint density at radius 1 is 0.583 bits per heavy atom. The number of carboxylic acid groups (broad SMARTS) is 3. The average Bonchev–Trinajstić information content (AvgIpc) is 1.79. The molecule has 2 aliphatic rings. The Labute approximate surface area is 617 Å². The quantitative estimate of drug-likeness (QED) is 0.0139. The van der Waals surface area contributed by atoms with Crippen molar-refractivity contribution < 1.29 is 83.4 Å². The van der Waals surface area contributed by atoms with E-state index in [4.69, 9.17) is 5.73 Å². The van der Waals surface area contributed by atoms with Gasteiger partial charge in [0, 0.05) is 120 Å². The molecule has 103 heavy (non-hydrogen) atoms. The Morgan fingerprint density at radius 2 is 1.10 bits per heavy atom. The molecule has 10 atom stereocenters. The molecular formula is C69H91GaN14O17S2. The first kappa shape index (κ1) is 83.8. The maximum absolute atomic E-state index is 15.5. The van der Waals surface area contributed by atoms with E-state index in [1.54, 1.807) is 71.8 Å². The van der Waals surface area contributed by atoms with Gasteiger partial charge < -0.3 is 98.3 Å². The van der Waals surface area contributed by atoms with Gasteiger partial charge in [0.25, 0.3) is 0 Å². The predicted octanol–water partition coefficient (Wildman–Crippen LogP) is -6.40. The van der Waals surface area contributed by atoms with E-state index in [1.165, 1.54) is 28.5 Å². The van der Waals surface area contributed by atoms with Crippen LogP contribution in [0.2, 0.25) is 0 Å². The van der Waals surface area contributed by atoms with Crippen molar-refractivity contribution in [1.82, 2.24) is 67.1 Å². The minimum absolute atomic E-state index is 0. The predicted molar refractivity (Wildman–Crippen MR) is 380 cm³/mol. The number of nitrogens with one attached hydrogen (secondary N) is 9. The monoisotopic (exact) mass is 1520 g/mol. The summed E-state index contributed by atoms with van der Waals surface area (Å²) < 4.78 is 0. The van der Waals surface area contributed by atoms with E-state index >= 15 is 19.2 Å². The number of aliphatic hydroxyl groups is 3. The topological polar surface area (TPSA) is 469 Å². The summed E-state index contributed by atoms with van der Waals surface area (Å²) in [4.78, 5) is 164. The number of fused-ring (bicyclic) bond motifs is 2. The van der Waals surface area contributed by atoms with E-state index in [0.717, 1.165) is 27.0 Å². The molecule has 14 N–H and O–H groups in total. The summed E-state index contributed by atoms with van der Waals surface area (Å²) in [6.45, 7) is 0.163. The second kappa shape index (κ2) is 42.6. The number of hydrogen-bond donors (Lipinski definition) is 13. The first-order valence-electron chi connectivity index (χ1n) is 33.8. The SMILES string of the molecule is C[C@@H](O)[C@@H]1NC(=O)[C@H](CCCCN)NC(=O)[C@@H](Cc2c[nH]c3ccccc23)NC(=O)[C@H](Cc2cccc3ccccc23)NC(=O)[C@@H](NC(=O)[C@@H](Cc2ccccc2)NC(=O)CN2CCN(CC(=O)[O-])CCN(CC(=O)[O-])CCN(CC(=O)[O-])CC2)CSSC[C@@H](C(=O)N[C@H](CO)[C@@H](C)O)NC1=O.[Ga+3]. The van der Waals surface area contributed by atoms with Crippen molar-refractivity contribution in [1.29, 1.82) is 0 Å². The molecule has 554 valence electrons. The summed E-state index contributed by atoms with van der Waals surface area (Å²) in [6.07, 6.45) is -1.18. The van der Waals surface area contributed by atoms with Gasteiger partial charge in [-0.2, -0.15) is 0 Å². The number of aliphatic hydroxyl groups excluding tert-OH is 3. The molecule has 5 aromatic rings. The number of rotatable bonds is 26. The van der Waals surface area contributed by atoms with E-state index in [-0.39, 0.29) is 122 Å². The number of unbranched alkanes of at least 4 members (excludes halogenated alkanes) is 1. The van der Waals surface area contributed by atoms with Crippen molar-refractivity contribution in [2.45, 2.75) is 113 Å². The number of aliphatic carboxylic acids is 3. The minimum Gasteiger partial charge on any atom is -0.549 e. The van der Waals surface area contributed by atoms with Gasteiger partial charge >= 0.3 is 19.8 Å². The Kier molecular flexibility index (Phi) is 34.7. The van der Waals surface area contributed by atoms with Crippen LogP contribution in [0.1, 0.15) is 49.8 Å². The van der Waals surface area contributed by atoms with Crippen LogP contribution in [0.5, 0.6) is 0 Å². The third-order valence-electron chi connectivity index (χ3n) is 17.5. The summed E-state index contributed by atoms with van der Waals surface area (Å²) in [5.41, 5.74) is 8.28. The Bertz CT molecular complexity index is 3640. The van der Waals surface area contributed by atoms with Gasteiger partial charge in [-0.1, -0.05) is 113 Å². The van der Waals surface area contributed by atoms with Crippen LogP contribution in [0.25, 0.3) is 21.7 Å². The molecule has 1 aromatic heterocycles. The fraction of sp³-hybridized carbons (Fsp3) is 0.493. The van der Waals surface area contributed by atoms with Crippen LogP contribution < -0.4 is 63.6 Å². The van der Waals surface area contributed by atoms with Crippen molar-refractivity contribution in [2.75, 3.05) is 103 Å². The number of carboxylic acids is 3. The van der Waals surface area contributed by atoms with Gasteiger partial charge in [-0.25, -0.2) is 0 Å². The number of benzene rings is 4. The molecule has 34 heteroatoms. The van der Waals surface area contributed by atoms with Crippen molar-refractivity contribution in [3.05, 3.63) is 120 Å². The first-order valence-corrected chi connectivity index (χ1v) is 36.2. The van der Waals surface area contributed by atoms with Crippen LogP contribution in [0, 0.1) is 0 Å². The van der Waals surface area contributed by atoms with Gasteiger partial charge in [0.05, 0.1) is 49.3 Å². The Balaban J connectivity index is 0.0000167. The molecule has 2 aliphatic heterocycles. The van der Waals surface area contributed by atoms with Crippen LogP contribution in [0.4, 0.5) is 0 Å². The fourth-order valence-corrected chi connectivity index (χ4v) is 14.2. The Morgan fingerprint density at radius 3 is 1.67 bits per heavy atom. The molecule has 2 fully saturated rings. The van der Waals surface area contributed by atoms with Crippen molar-refractivity contribution in [3.8, 4) is 0 Å². The summed E-state index contributed by atoms with van der Waals surface area (Å²) in [5, 5.41) is 91.2. The molecule has 0 bridgehead atoms. The number of carbonyl (C=O) groups is 11. The molecule has 31 nitrogen and oxygen atoms in total. The number of H-pyrrole nitrogens is 1. The van der Waals surface area contributed by atoms with E-state index < -0.39 is 158 Å². The number of carbonyl (C=O) groups excluding carboxylic acids is 11. The molecule has 8 amide bonds. The van der Waals surface area contributed by atoms with E-state index in [0.29, 0.717) is 39.4 Å². The zero-order valence-corrected chi connectivity index (χ0v) is 61.5. The van der Waals surface area contributed by atoms with Crippen LogP contribution >= 0.6 is 21.6 Å². The first-order chi connectivity index (χ1) is 48.9. The van der Waals surface area contributed by atoms with Gasteiger partial charge in [0.2, 0.25) is 47.3 Å². The van der Waals surface area contributed by atoms with E-state index in [2.05, 4.69) is 47.5 Å². The minimum atomic E-state index is -1.77. The second-order valence-electron chi connectivity index (χ2n) is 25.4. The average molecular weight is 1520 g/mol. The van der Waals surface area contributed by atoms with Crippen LogP contribution in [-0.4, -0.2) is 289 Å². The van der Waals surface area contributed by atoms with Crippen LogP contribution in [-0.2, 0) is 72.0 Å². The third-order valence-corrected chi connectivity index (χ3v) is 19.9. The van der Waals surface area contributed by atoms with Crippen LogP contribution in [0.3, 0.4) is 0 Å². The molecular weight excluding hydrogens is 1430 g/mol. The molecule has 4 aromatic carbocycles. The third kappa shape index (κ3) is 27.1. The zero-order chi connectivity index (χ0) is 73.8. The van der Waals surface area contributed by atoms with Gasteiger partial charge in [0.15, 0.2) is 0 Å². The summed E-state index contributed by atoms with van der Waals surface area (Å²) in [6, 6.07) is 16.3. The fourth-order valence-electron chi connectivity index (χ4n) is 11.9. The normalized spacial score (nSPS) is 21.6. The van der Waals surface area contributed by atoms with Gasteiger partial charge in [0.1, 0.15) is 42.3 Å². The smallest absolute Gasteiger partial charge is 0.549 e.